The first-order valence-electron chi connectivity index (χ1n) is 10.3. The minimum Gasteiger partial charge on any atom is -0.453 e. The molecular formula is C23H23N5O5. The van der Waals surface area contributed by atoms with E-state index in [1.807, 2.05) is 31.2 Å². The number of aromatic nitrogens is 3. The van der Waals surface area contributed by atoms with Crippen LogP contribution >= 0.6 is 0 Å². The van der Waals surface area contributed by atoms with Crippen LogP contribution in [0.2, 0.25) is 0 Å². The molecule has 0 bridgehead atoms. The molecule has 0 aliphatic carbocycles. The first-order chi connectivity index (χ1) is 15.9. The molecule has 1 fully saturated rings. The third kappa shape index (κ3) is 5.00. The predicted octanol–water partition coefficient (Wildman–Crippen LogP) is 2.82. The van der Waals surface area contributed by atoms with Gasteiger partial charge in [-0.25, -0.2) is 14.6 Å². The second kappa shape index (κ2) is 9.51. The number of hydrogen-bond acceptors (Lipinski definition) is 7. The Hall–Kier alpha value is -4.21. The van der Waals surface area contributed by atoms with Crippen LogP contribution < -0.4 is 10.2 Å². The molecule has 1 aromatic carbocycles. The number of ether oxygens (including phenoxy) is 2. The van der Waals surface area contributed by atoms with Gasteiger partial charge in [-0.05, 0) is 36.2 Å². The third-order valence-corrected chi connectivity index (χ3v) is 5.29. The number of imidazole rings is 1. The highest BCUT2D eigenvalue weighted by molar-refractivity contribution is 5.94. The zero-order chi connectivity index (χ0) is 23.4. The highest BCUT2D eigenvalue weighted by Gasteiger charge is 2.33. The topological polar surface area (TPSA) is 116 Å². The summed E-state index contributed by atoms with van der Waals surface area (Å²) in [6.45, 7) is 2.58. The maximum absolute atomic E-state index is 12.4. The van der Waals surface area contributed by atoms with Gasteiger partial charge in [0.25, 0.3) is 0 Å². The number of amides is 2. The number of anilines is 1. The molecule has 1 aliphatic rings. The van der Waals surface area contributed by atoms with Crippen LogP contribution in [0.3, 0.4) is 0 Å². The van der Waals surface area contributed by atoms with Crippen molar-refractivity contribution < 1.29 is 23.9 Å². The SMILES string of the molecule is COC(=O)NCC1CN(c2ccc(-c3ccc(C(=O)Cn4ccnc4)nc3)cc2C)C(=O)O1. The average molecular weight is 449 g/mol. The van der Waals surface area contributed by atoms with Crippen LogP contribution in [0.15, 0.2) is 55.2 Å². The lowest BCUT2D eigenvalue weighted by Crippen LogP contribution is -2.34. The summed E-state index contributed by atoms with van der Waals surface area (Å²) in [5, 5.41) is 2.54. The molecule has 33 heavy (non-hydrogen) atoms. The number of Topliss-reactive ketones (excluding diaryl/α,β-unsaturated/α-hetero) is 1. The highest BCUT2D eigenvalue weighted by Crippen LogP contribution is 2.29. The molecule has 1 N–H and O–H groups in total. The molecule has 0 saturated carbocycles. The summed E-state index contributed by atoms with van der Waals surface area (Å²) in [4.78, 5) is 45.7. The fourth-order valence-corrected chi connectivity index (χ4v) is 3.59. The fraction of sp³-hybridized carbons (Fsp3) is 0.261. The molecule has 1 aliphatic heterocycles. The maximum atomic E-state index is 12.4. The lowest BCUT2D eigenvalue weighted by Gasteiger charge is -2.17. The molecule has 170 valence electrons. The minimum absolute atomic E-state index is 0.102. The summed E-state index contributed by atoms with van der Waals surface area (Å²) in [7, 11) is 1.27. The molecule has 10 heteroatoms. The molecule has 0 radical (unpaired) electrons. The number of carbonyl (C=O) groups excluding carboxylic acids is 3. The van der Waals surface area contributed by atoms with E-state index >= 15 is 0 Å². The Morgan fingerprint density at radius 2 is 2.06 bits per heavy atom. The number of pyridine rings is 1. The van der Waals surface area contributed by atoms with Crippen molar-refractivity contribution in [3.8, 4) is 11.1 Å². The number of cyclic esters (lactones) is 1. The van der Waals surface area contributed by atoms with E-state index in [1.165, 1.54) is 7.11 Å². The van der Waals surface area contributed by atoms with Gasteiger partial charge in [0.1, 0.15) is 11.8 Å². The number of hydrogen-bond donors (Lipinski definition) is 1. The lowest BCUT2D eigenvalue weighted by molar-refractivity contribution is 0.0967. The molecular weight excluding hydrogens is 426 g/mol. The van der Waals surface area contributed by atoms with Gasteiger partial charge in [-0.15, -0.1) is 0 Å². The van der Waals surface area contributed by atoms with Crippen LogP contribution in [-0.4, -0.2) is 58.8 Å². The zero-order valence-electron chi connectivity index (χ0n) is 18.2. The van der Waals surface area contributed by atoms with Crippen LogP contribution in [0.1, 0.15) is 16.1 Å². The second-order valence-electron chi connectivity index (χ2n) is 7.58. The molecule has 3 heterocycles. The lowest BCUT2D eigenvalue weighted by atomic mass is 10.0. The zero-order valence-corrected chi connectivity index (χ0v) is 18.2. The van der Waals surface area contributed by atoms with Crippen LogP contribution in [0.5, 0.6) is 0 Å². The van der Waals surface area contributed by atoms with E-state index in [4.69, 9.17) is 4.74 Å². The van der Waals surface area contributed by atoms with Gasteiger partial charge < -0.3 is 19.4 Å². The summed E-state index contributed by atoms with van der Waals surface area (Å²) < 4.78 is 11.6. The average Bonchev–Trinajstić information content (AvgIpc) is 3.47. The number of nitrogens with zero attached hydrogens (tertiary/aromatic N) is 4. The Labute approximate surface area is 190 Å². The van der Waals surface area contributed by atoms with Crippen LogP contribution in [0.25, 0.3) is 11.1 Å². The normalized spacial score (nSPS) is 15.3. The summed E-state index contributed by atoms with van der Waals surface area (Å²) in [6, 6.07) is 9.24. The molecule has 3 aromatic rings. The number of benzene rings is 1. The van der Waals surface area contributed by atoms with Gasteiger partial charge in [0.15, 0.2) is 0 Å². The highest BCUT2D eigenvalue weighted by atomic mass is 16.6. The van der Waals surface area contributed by atoms with Crippen LogP contribution in [-0.2, 0) is 16.0 Å². The molecule has 4 rings (SSSR count). The first kappa shape index (κ1) is 22.0. The Morgan fingerprint density at radius 3 is 2.73 bits per heavy atom. The minimum atomic E-state index is -0.576. The van der Waals surface area contributed by atoms with Crippen LogP contribution in [0.4, 0.5) is 15.3 Å². The Balaban J connectivity index is 1.43. The summed E-state index contributed by atoms with van der Waals surface area (Å²) >= 11 is 0. The van der Waals surface area contributed by atoms with Crippen molar-refractivity contribution in [2.75, 3.05) is 25.1 Å². The molecule has 2 amide bonds. The quantitative estimate of drug-likeness (QED) is 0.552. The molecule has 1 unspecified atom stereocenters. The monoisotopic (exact) mass is 449 g/mol. The second-order valence-corrected chi connectivity index (χ2v) is 7.58. The van der Waals surface area contributed by atoms with Crippen molar-refractivity contribution in [3.05, 3.63) is 66.5 Å². The first-order valence-corrected chi connectivity index (χ1v) is 10.3. The van der Waals surface area contributed by atoms with Gasteiger partial charge in [0.05, 0.1) is 38.8 Å². The van der Waals surface area contributed by atoms with E-state index < -0.39 is 18.3 Å². The van der Waals surface area contributed by atoms with Crippen molar-refractivity contribution in [2.45, 2.75) is 19.6 Å². The van der Waals surface area contributed by atoms with Crippen molar-refractivity contribution >= 4 is 23.7 Å². The van der Waals surface area contributed by atoms with E-state index in [9.17, 15) is 14.4 Å². The largest absolute Gasteiger partial charge is 0.453 e. The molecule has 0 spiro atoms. The number of methoxy groups -OCH3 is 1. The van der Waals surface area contributed by atoms with E-state index in [1.54, 1.807) is 40.5 Å². The van der Waals surface area contributed by atoms with Crippen molar-refractivity contribution in [1.82, 2.24) is 19.9 Å². The van der Waals surface area contributed by atoms with Crippen molar-refractivity contribution in [1.29, 1.82) is 0 Å². The number of ketones is 1. The van der Waals surface area contributed by atoms with Gasteiger partial charge in [-0.3, -0.25) is 14.7 Å². The van der Waals surface area contributed by atoms with Gasteiger partial charge >= 0.3 is 12.2 Å². The number of carbonyl (C=O) groups is 3. The fourth-order valence-electron chi connectivity index (χ4n) is 3.59. The van der Waals surface area contributed by atoms with Gasteiger partial charge in [0.2, 0.25) is 5.78 Å². The smallest absolute Gasteiger partial charge is 0.414 e. The van der Waals surface area contributed by atoms with Crippen molar-refractivity contribution in [3.63, 3.8) is 0 Å². The van der Waals surface area contributed by atoms with E-state index in [0.717, 1.165) is 22.4 Å². The van der Waals surface area contributed by atoms with E-state index in [0.29, 0.717) is 12.2 Å². The predicted molar refractivity (Wildman–Crippen MR) is 119 cm³/mol. The Bertz CT molecular complexity index is 1160. The number of nitrogens with one attached hydrogen (secondary N) is 1. The number of alkyl carbamates (subject to hydrolysis) is 1. The van der Waals surface area contributed by atoms with Crippen molar-refractivity contribution in [2.24, 2.45) is 0 Å². The Kier molecular flexibility index (Phi) is 6.34. The summed E-state index contributed by atoms with van der Waals surface area (Å²) in [5.74, 6) is -0.102. The molecule has 1 atom stereocenters. The standard InChI is InChI=1S/C23H23N5O5/c1-15-9-16(17-3-5-19(25-10-17)21(29)13-27-8-7-24-14-27)4-6-20(15)28-12-18(33-23(28)31)11-26-22(30)32-2/h3-10,14,18H,11-13H2,1-2H3,(H,26,30). The van der Waals surface area contributed by atoms with E-state index in [2.05, 4.69) is 20.0 Å². The van der Waals surface area contributed by atoms with E-state index in [-0.39, 0.29) is 18.9 Å². The van der Waals surface area contributed by atoms with Crippen LogP contribution in [0, 0.1) is 6.92 Å². The summed E-state index contributed by atoms with van der Waals surface area (Å²) in [6.07, 6.45) is 5.09. The molecule has 1 saturated heterocycles. The molecule has 2 aromatic heterocycles. The number of rotatable bonds is 7. The molecule has 10 nitrogen and oxygen atoms in total. The summed E-state index contributed by atoms with van der Waals surface area (Å²) in [5.41, 5.74) is 3.75. The van der Waals surface area contributed by atoms with Gasteiger partial charge in [0, 0.05) is 24.2 Å². The third-order valence-electron chi connectivity index (χ3n) is 5.29. The Morgan fingerprint density at radius 1 is 1.24 bits per heavy atom. The maximum Gasteiger partial charge on any atom is 0.414 e. The van der Waals surface area contributed by atoms with Gasteiger partial charge in [-0.2, -0.15) is 0 Å². The number of aryl methyl sites for hydroxylation is 1. The van der Waals surface area contributed by atoms with Gasteiger partial charge in [-0.1, -0.05) is 12.1 Å².